The smallest absolute Gasteiger partial charge is 0.264 e. The number of amides is 1. The van der Waals surface area contributed by atoms with Crippen molar-refractivity contribution in [1.29, 1.82) is 0 Å². The first-order valence-corrected chi connectivity index (χ1v) is 9.16. The van der Waals surface area contributed by atoms with E-state index in [0.717, 1.165) is 22.5 Å². The Morgan fingerprint density at radius 1 is 1.18 bits per heavy atom. The van der Waals surface area contributed by atoms with E-state index in [1.807, 2.05) is 32.9 Å². The highest BCUT2D eigenvalue weighted by Crippen LogP contribution is 2.16. The fraction of sp³-hybridized carbons (Fsp3) is 0.286. The van der Waals surface area contributed by atoms with E-state index in [1.165, 1.54) is 10.1 Å². The van der Waals surface area contributed by atoms with Crippen LogP contribution in [0.1, 0.15) is 59.8 Å². The molecule has 0 spiro atoms. The van der Waals surface area contributed by atoms with Crippen LogP contribution in [0.3, 0.4) is 0 Å². The molecule has 1 aromatic carbocycles. The summed E-state index contributed by atoms with van der Waals surface area (Å²) in [6, 6.07) is 10.3. The minimum atomic E-state index is -0.479. The number of nitrogens with zero attached hydrogens (tertiary/aromatic N) is 5. The van der Waals surface area contributed by atoms with Gasteiger partial charge >= 0.3 is 5.91 Å². The monoisotopic (exact) mass is 376 g/mol. The lowest BCUT2D eigenvalue weighted by atomic mass is 10.0. The molecular formula is C21H24N6O. The number of carbonyl (C=O) groups excluding carboxylic acids is 1. The van der Waals surface area contributed by atoms with Crippen LogP contribution in [0.5, 0.6) is 0 Å². The Morgan fingerprint density at radius 3 is 2.57 bits per heavy atom. The molecule has 0 aliphatic rings. The minimum Gasteiger partial charge on any atom is -0.264 e. The molecule has 7 nitrogen and oxygen atoms in total. The van der Waals surface area contributed by atoms with Crippen LogP contribution in [0.25, 0.3) is 11.9 Å². The second kappa shape index (κ2) is 8.12. The number of rotatable bonds is 5. The number of fused-ring (bicyclic) bond motifs is 1. The maximum Gasteiger partial charge on any atom is 0.311 e. The summed E-state index contributed by atoms with van der Waals surface area (Å²) in [6.45, 7) is 10.0. The maximum absolute atomic E-state index is 12.2. The van der Waals surface area contributed by atoms with Crippen LogP contribution < -0.4 is 5.43 Å². The average molecular weight is 376 g/mol. The third kappa shape index (κ3) is 4.49. The summed E-state index contributed by atoms with van der Waals surface area (Å²) in [5.74, 6) is 0.455. The van der Waals surface area contributed by atoms with E-state index in [4.69, 9.17) is 0 Å². The van der Waals surface area contributed by atoms with Crippen LogP contribution in [-0.4, -0.2) is 31.7 Å². The predicted octanol–water partition coefficient (Wildman–Crippen LogP) is 3.68. The minimum absolute atomic E-state index is 0.0317. The highest BCUT2D eigenvalue weighted by molar-refractivity contribution is 5.92. The highest BCUT2D eigenvalue weighted by Gasteiger charge is 2.14. The molecule has 28 heavy (non-hydrogen) atoms. The Bertz CT molecular complexity index is 1060. The third-order valence-corrected chi connectivity index (χ3v) is 4.25. The molecule has 7 heteroatoms. The molecule has 0 saturated carbocycles. The summed E-state index contributed by atoms with van der Waals surface area (Å²) in [4.78, 5) is 20.7. The molecule has 0 saturated heterocycles. The fourth-order valence-corrected chi connectivity index (χ4v) is 2.78. The van der Waals surface area contributed by atoms with Crippen molar-refractivity contribution in [2.75, 3.05) is 0 Å². The van der Waals surface area contributed by atoms with E-state index in [2.05, 4.69) is 63.7 Å². The van der Waals surface area contributed by atoms with Crippen LogP contribution in [0.2, 0.25) is 0 Å². The summed E-state index contributed by atoms with van der Waals surface area (Å²) < 4.78 is 1.54. The molecule has 2 aromatic heterocycles. The molecule has 2 heterocycles. The van der Waals surface area contributed by atoms with Gasteiger partial charge in [0.15, 0.2) is 0 Å². The van der Waals surface area contributed by atoms with Crippen LogP contribution in [0.4, 0.5) is 0 Å². The van der Waals surface area contributed by atoms with Crippen molar-refractivity contribution in [2.24, 2.45) is 5.10 Å². The van der Waals surface area contributed by atoms with Crippen LogP contribution in [0, 0.1) is 13.8 Å². The first-order chi connectivity index (χ1) is 13.3. The quantitative estimate of drug-likeness (QED) is 0.544. The first-order valence-electron chi connectivity index (χ1n) is 9.16. The predicted molar refractivity (Wildman–Crippen MR) is 110 cm³/mol. The largest absolute Gasteiger partial charge is 0.311 e. The zero-order valence-electron chi connectivity index (χ0n) is 16.8. The van der Waals surface area contributed by atoms with Crippen molar-refractivity contribution in [3.8, 4) is 0 Å². The van der Waals surface area contributed by atoms with Gasteiger partial charge in [-0.15, -0.1) is 5.10 Å². The van der Waals surface area contributed by atoms with Gasteiger partial charge in [0.05, 0.1) is 6.21 Å². The van der Waals surface area contributed by atoms with Crippen molar-refractivity contribution in [3.63, 3.8) is 0 Å². The van der Waals surface area contributed by atoms with Gasteiger partial charge in [0.25, 0.3) is 5.78 Å². The Kier molecular flexibility index (Phi) is 5.63. The summed E-state index contributed by atoms with van der Waals surface area (Å²) in [5, 5.41) is 8.18. The number of hydrogen-bond acceptors (Lipinski definition) is 5. The Hall–Kier alpha value is -3.35. The van der Waals surface area contributed by atoms with Gasteiger partial charge in [0, 0.05) is 11.4 Å². The summed E-state index contributed by atoms with van der Waals surface area (Å²) in [7, 11) is 0. The molecule has 144 valence electrons. The third-order valence-electron chi connectivity index (χ3n) is 4.25. The second-order valence-corrected chi connectivity index (χ2v) is 7.09. The first kappa shape index (κ1) is 19.4. The molecule has 0 radical (unpaired) electrons. The lowest BCUT2D eigenvalue weighted by Gasteiger charge is -2.04. The number of carbonyl (C=O) groups is 1. The van der Waals surface area contributed by atoms with Crippen LogP contribution in [-0.2, 0) is 0 Å². The molecule has 0 atom stereocenters. The normalized spacial score (nSPS) is 12.3. The molecule has 0 aliphatic carbocycles. The topological polar surface area (TPSA) is 84.5 Å². The van der Waals surface area contributed by atoms with Crippen molar-refractivity contribution in [2.45, 2.75) is 40.5 Å². The zero-order valence-corrected chi connectivity index (χ0v) is 16.8. The Labute approximate surface area is 164 Å². The number of aryl methyl sites for hydroxylation is 2. The Morgan fingerprint density at radius 2 is 1.89 bits per heavy atom. The average Bonchev–Trinajstić information content (AvgIpc) is 3.06. The number of aromatic nitrogens is 4. The Balaban J connectivity index is 1.66. The van der Waals surface area contributed by atoms with Gasteiger partial charge in [-0.25, -0.2) is 14.9 Å². The standard InChI is InChI=1S/C21H24N6O/c1-13(2)18-8-6-17(7-9-18)10-14(3)12-22-25-20(28)19-24-21-23-15(4)11-16(5)27(21)26-19/h6-13H,1-5H3,(H,25,28)/b14-10-,22-12?. The molecular weight excluding hydrogens is 352 g/mol. The van der Waals surface area contributed by atoms with Crippen molar-refractivity contribution in [1.82, 2.24) is 25.0 Å². The molecule has 1 amide bonds. The number of hydrazone groups is 1. The van der Waals surface area contributed by atoms with E-state index in [-0.39, 0.29) is 5.82 Å². The molecule has 1 N–H and O–H groups in total. The van der Waals surface area contributed by atoms with Gasteiger partial charge in [-0.05, 0) is 49.5 Å². The van der Waals surface area contributed by atoms with E-state index in [1.54, 1.807) is 6.21 Å². The number of hydrogen-bond donors (Lipinski definition) is 1. The summed E-state index contributed by atoms with van der Waals surface area (Å²) in [5.41, 5.74) is 7.44. The molecule has 0 aliphatic heterocycles. The van der Waals surface area contributed by atoms with Gasteiger partial charge in [-0.2, -0.15) is 10.1 Å². The van der Waals surface area contributed by atoms with Gasteiger partial charge < -0.3 is 0 Å². The lowest BCUT2D eigenvalue weighted by molar-refractivity contribution is 0.0945. The zero-order chi connectivity index (χ0) is 20.3. The number of benzene rings is 1. The van der Waals surface area contributed by atoms with E-state index >= 15 is 0 Å². The SMILES string of the molecule is C/C(C=NNC(=O)c1nc2nc(C)cc(C)n2n1)=C/c1ccc(C(C)C)cc1. The maximum atomic E-state index is 12.2. The van der Waals surface area contributed by atoms with Gasteiger partial charge in [-0.3, -0.25) is 4.79 Å². The van der Waals surface area contributed by atoms with E-state index in [9.17, 15) is 4.79 Å². The number of nitrogens with one attached hydrogen (secondary N) is 1. The second-order valence-electron chi connectivity index (χ2n) is 7.09. The lowest BCUT2D eigenvalue weighted by Crippen LogP contribution is -2.19. The summed E-state index contributed by atoms with van der Waals surface area (Å²) >= 11 is 0. The fourth-order valence-electron chi connectivity index (χ4n) is 2.78. The van der Waals surface area contributed by atoms with Crippen molar-refractivity contribution < 1.29 is 4.79 Å². The number of allylic oxidation sites excluding steroid dienone is 1. The van der Waals surface area contributed by atoms with Crippen LogP contribution >= 0.6 is 0 Å². The van der Waals surface area contributed by atoms with E-state index in [0.29, 0.717) is 11.7 Å². The molecule has 3 rings (SSSR count). The van der Waals surface area contributed by atoms with E-state index < -0.39 is 5.91 Å². The van der Waals surface area contributed by atoms with Gasteiger partial charge in [0.1, 0.15) is 0 Å². The molecule has 0 bridgehead atoms. The van der Waals surface area contributed by atoms with Gasteiger partial charge in [-0.1, -0.05) is 44.2 Å². The molecule has 3 aromatic rings. The van der Waals surface area contributed by atoms with Gasteiger partial charge in [0.2, 0.25) is 5.82 Å². The van der Waals surface area contributed by atoms with Crippen LogP contribution in [0.15, 0.2) is 41.0 Å². The van der Waals surface area contributed by atoms with Crippen molar-refractivity contribution in [3.05, 3.63) is 64.2 Å². The molecule has 0 fully saturated rings. The summed E-state index contributed by atoms with van der Waals surface area (Å²) in [6.07, 6.45) is 3.59. The molecule has 0 unspecified atom stereocenters. The van der Waals surface area contributed by atoms with Crippen molar-refractivity contribution >= 4 is 24.0 Å². The highest BCUT2D eigenvalue weighted by atomic mass is 16.2.